The molecule has 8 nitrogen and oxygen atoms in total. The van der Waals surface area contributed by atoms with Gasteiger partial charge in [-0.25, -0.2) is 12.7 Å². The largest absolute Gasteiger partial charge is 0.491 e. The Morgan fingerprint density at radius 2 is 1.97 bits per heavy atom. The maximum absolute atomic E-state index is 11.8. The van der Waals surface area contributed by atoms with Gasteiger partial charge in [0.15, 0.2) is 5.96 Å². The molecular formula is C20H37IN4O4S. The summed E-state index contributed by atoms with van der Waals surface area (Å²) in [4.78, 5) is 4.43. The maximum Gasteiger partial charge on any atom is 0.213 e. The highest BCUT2D eigenvalue weighted by Gasteiger charge is 2.14. The van der Waals surface area contributed by atoms with Gasteiger partial charge in [0.25, 0.3) is 0 Å². The van der Waals surface area contributed by atoms with Gasteiger partial charge in [-0.1, -0.05) is 12.1 Å². The third-order valence-corrected chi connectivity index (χ3v) is 6.03. The first-order valence-corrected chi connectivity index (χ1v) is 11.7. The standard InChI is InChI=1S/C20H36N4O4S.HI/c1-6-21-20(22-12-9-13-24(5)29(26,27)7-2)23-15-19(25)17-10-8-11-18(14-17)28-16(3)4;/h8,10-11,14,16,19,25H,6-7,9,12-13,15H2,1-5H3,(H2,21,22,23);1H. The van der Waals surface area contributed by atoms with Gasteiger partial charge in [-0.05, 0) is 51.8 Å². The highest BCUT2D eigenvalue weighted by molar-refractivity contribution is 14.0. The zero-order chi connectivity index (χ0) is 21.9. The number of hydrogen-bond acceptors (Lipinski definition) is 5. The van der Waals surface area contributed by atoms with Crippen molar-refractivity contribution in [1.29, 1.82) is 0 Å². The van der Waals surface area contributed by atoms with Crippen LogP contribution in [0.25, 0.3) is 0 Å². The second-order valence-corrected chi connectivity index (χ2v) is 9.34. The van der Waals surface area contributed by atoms with E-state index in [2.05, 4.69) is 15.6 Å². The molecule has 0 aliphatic heterocycles. The summed E-state index contributed by atoms with van der Waals surface area (Å²) in [6.07, 6.45) is -0.0320. The minimum absolute atomic E-state index is 0. The molecule has 3 N–H and O–H groups in total. The van der Waals surface area contributed by atoms with Crippen molar-refractivity contribution in [3.8, 4) is 5.75 Å². The van der Waals surface area contributed by atoms with Crippen molar-refractivity contribution in [3.63, 3.8) is 0 Å². The predicted molar refractivity (Wildman–Crippen MR) is 133 cm³/mol. The number of hydrogen-bond donors (Lipinski definition) is 3. The van der Waals surface area contributed by atoms with Crippen LogP contribution in [0, 0.1) is 0 Å². The van der Waals surface area contributed by atoms with E-state index >= 15 is 0 Å². The minimum atomic E-state index is -3.16. The average Bonchev–Trinajstić information content (AvgIpc) is 2.68. The van der Waals surface area contributed by atoms with E-state index in [-0.39, 0.29) is 42.4 Å². The molecule has 174 valence electrons. The molecule has 0 aliphatic carbocycles. The summed E-state index contributed by atoms with van der Waals surface area (Å²) in [7, 11) is -1.57. The van der Waals surface area contributed by atoms with Gasteiger partial charge in [0.2, 0.25) is 10.0 Å². The summed E-state index contributed by atoms with van der Waals surface area (Å²) in [6.45, 7) is 9.40. The molecule has 1 rings (SSSR count). The number of benzene rings is 1. The number of halogens is 1. The number of rotatable bonds is 12. The van der Waals surface area contributed by atoms with Crippen molar-refractivity contribution in [2.24, 2.45) is 4.99 Å². The molecule has 1 aromatic carbocycles. The molecule has 0 spiro atoms. The number of guanidine groups is 1. The molecule has 10 heteroatoms. The molecule has 0 aliphatic rings. The molecule has 1 aromatic rings. The van der Waals surface area contributed by atoms with Crippen LogP contribution in [-0.2, 0) is 10.0 Å². The van der Waals surface area contributed by atoms with Crippen LogP contribution in [0.15, 0.2) is 29.3 Å². The SMILES string of the molecule is CCNC(=NCC(O)c1cccc(OC(C)C)c1)NCCCN(C)S(=O)(=O)CC.I. The Morgan fingerprint density at radius 3 is 2.57 bits per heavy atom. The number of sulfonamides is 1. The lowest BCUT2D eigenvalue weighted by Gasteiger charge is -2.17. The van der Waals surface area contributed by atoms with Gasteiger partial charge < -0.3 is 20.5 Å². The average molecular weight is 557 g/mol. The molecule has 0 radical (unpaired) electrons. The number of nitrogens with zero attached hydrogens (tertiary/aromatic N) is 2. The van der Waals surface area contributed by atoms with Crippen LogP contribution >= 0.6 is 24.0 Å². The van der Waals surface area contributed by atoms with E-state index in [4.69, 9.17) is 4.74 Å². The fourth-order valence-corrected chi connectivity index (χ4v) is 3.41. The van der Waals surface area contributed by atoms with Crippen LogP contribution in [0.5, 0.6) is 5.75 Å². The lowest BCUT2D eigenvalue weighted by atomic mass is 10.1. The Labute approximate surface area is 198 Å². The van der Waals surface area contributed by atoms with Crippen molar-refractivity contribution in [2.75, 3.05) is 39.0 Å². The molecule has 1 atom stereocenters. The zero-order valence-electron chi connectivity index (χ0n) is 18.6. The number of aliphatic hydroxyl groups is 1. The highest BCUT2D eigenvalue weighted by atomic mass is 127. The van der Waals surface area contributed by atoms with E-state index < -0.39 is 16.1 Å². The molecule has 0 amide bonds. The summed E-state index contributed by atoms with van der Waals surface area (Å²) in [6, 6.07) is 7.38. The van der Waals surface area contributed by atoms with Crippen LogP contribution in [-0.4, -0.2) is 68.9 Å². The van der Waals surface area contributed by atoms with Crippen LogP contribution in [0.3, 0.4) is 0 Å². The van der Waals surface area contributed by atoms with E-state index in [9.17, 15) is 13.5 Å². The second-order valence-electron chi connectivity index (χ2n) is 6.98. The van der Waals surface area contributed by atoms with Crippen molar-refractivity contribution >= 4 is 40.0 Å². The van der Waals surface area contributed by atoms with Crippen molar-refractivity contribution in [2.45, 2.75) is 46.3 Å². The van der Waals surface area contributed by atoms with E-state index in [1.807, 2.05) is 45.0 Å². The van der Waals surface area contributed by atoms with Gasteiger partial charge in [0, 0.05) is 26.7 Å². The van der Waals surface area contributed by atoms with Gasteiger partial charge in [-0.2, -0.15) is 0 Å². The molecule has 0 bridgehead atoms. The quantitative estimate of drug-likeness (QED) is 0.158. The Kier molecular flexibility index (Phi) is 14.3. The van der Waals surface area contributed by atoms with Gasteiger partial charge in [-0.15, -0.1) is 24.0 Å². The summed E-state index contributed by atoms with van der Waals surface area (Å²) in [5, 5.41) is 16.8. The smallest absolute Gasteiger partial charge is 0.213 e. The number of nitrogens with one attached hydrogen (secondary N) is 2. The first kappa shape index (κ1) is 28.9. The molecule has 0 saturated carbocycles. The van der Waals surface area contributed by atoms with E-state index in [0.717, 1.165) is 11.3 Å². The number of aliphatic hydroxyl groups excluding tert-OH is 1. The van der Waals surface area contributed by atoms with Gasteiger partial charge >= 0.3 is 0 Å². The first-order valence-electron chi connectivity index (χ1n) is 10.1. The van der Waals surface area contributed by atoms with Crippen LogP contribution in [0.1, 0.15) is 45.8 Å². The third-order valence-electron chi connectivity index (χ3n) is 4.16. The maximum atomic E-state index is 11.8. The lowest BCUT2D eigenvalue weighted by Crippen LogP contribution is -2.39. The number of ether oxygens (including phenoxy) is 1. The fraction of sp³-hybridized carbons (Fsp3) is 0.650. The normalized spacial score (nSPS) is 13.1. The predicted octanol–water partition coefficient (Wildman–Crippen LogP) is 2.35. The summed E-state index contributed by atoms with van der Waals surface area (Å²) >= 11 is 0. The Bertz CT molecular complexity index is 744. The molecule has 30 heavy (non-hydrogen) atoms. The number of aliphatic imine (C=N–C) groups is 1. The second kappa shape index (κ2) is 14.8. The minimum Gasteiger partial charge on any atom is -0.491 e. The Hall–Kier alpha value is -1.11. The van der Waals surface area contributed by atoms with Crippen LogP contribution < -0.4 is 15.4 Å². The van der Waals surface area contributed by atoms with Crippen molar-refractivity contribution < 1.29 is 18.3 Å². The molecule has 0 aromatic heterocycles. The topological polar surface area (TPSA) is 103 Å². The highest BCUT2D eigenvalue weighted by Crippen LogP contribution is 2.20. The Balaban J connectivity index is 0.00000841. The lowest BCUT2D eigenvalue weighted by molar-refractivity contribution is 0.185. The van der Waals surface area contributed by atoms with E-state index in [1.54, 1.807) is 14.0 Å². The third kappa shape index (κ3) is 10.8. The molecule has 1 unspecified atom stereocenters. The van der Waals surface area contributed by atoms with Crippen molar-refractivity contribution in [1.82, 2.24) is 14.9 Å². The summed E-state index contributed by atoms with van der Waals surface area (Å²) in [5.74, 6) is 1.40. The monoisotopic (exact) mass is 556 g/mol. The Morgan fingerprint density at radius 1 is 1.27 bits per heavy atom. The van der Waals surface area contributed by atoms with Gasteiger partial charge in [0.05, 0.1) is 24.5 Å². The zero-order valence-corrected chi connectivity index (χ0v) is 21.7. The van der Waals surface area contributed by atoms with E-state index in [0.29, 0.717) is 32.0 Å². The van der Waals surface area contributed by atoms with Crippen LogP contribution in [0.2, 0.25) is 0 Å². The van der Waals surface area contributed by atoms with Crippen molar-refractivity contribution in [3.05, 3.63) is 29.8 Å². The fourth-order valence-electron chi connectivity index (χ4n) is 2.56. The molecule has 0 fully saturated rings. The van der Waals surface area contributed by atoms with Gasteiger partial charge in [0.1, 0.15) is 5.75 Å². The molecule has 0 saturated heterocycles. The first-order chi connectivity index (χ1) is 13.7. The van der Waals surface area contributed by atoms with Crippen LogP contribution in [0.4, 0.5) is 0 Å². The molecular weight excluding hydrogens is 519 g/mol. The molecule has 0 heterocycles. The summed E-state index contributed by atoms with van der Waals surface area (Å²) < 4.78 is 30.6. The summed E-state index contributed by atoms with van der Waals surface area (Å²) in [5.41, 5.74) is 0.745. The van der Waals surface area contributed by atoms with E-state index in [1.165, 1.54) is 4.31 Å². The van der Waals surface area contributed by atoms with Gasteiger partial charge in [-0.3, -0.25) is 4.99 Å².